The Balaban J connectivity index is 1.76. The van der Waals surface area contributed by atoms with Crippen LogP contribution in [0.25, 0.3) is 10.9 Å². The summed E-state index contributed by atoms with van der Waals surface area (Å²) in [5.74, 6) is 0.153. The molecule has 1 aromatic heterocycles. The zero-order valence-electron chi connectivity index (χ0n) is 18.0. The van der Waals surface area contributed by atoms with Gasteiger partial charge >= 0.3 is 0 Å². The van der Waals surface area contributed by atoms with Gasteiger partial charge in [-0.3, -0.25) is 9.69 Å². The van der Waals surface area contributed by atoms with E-state index in [9.17, 15) is 4.79 Å². The van der Waals surface area contributed by atoms with E-state index in [4.69, 9.17) is 22.1 Å². The molecule has 0 aliphatic carbocycles. The maximum absolute atomic E-state index is 12.3. The molecule has 0 fully saturated rings. The molecule has 1 amide bonds. The van der Waals surface area contributed by atoms with Crippen molar-refractivity contribution in [2.75, 3.05) is 20.1 Å². The third-order valence-corrected chi connectivity index (χ3v) is 5.46. The predicted molar refractivity (Wildman–Crippen MR) is 126 cm³/mol. The molecule has 4 N–H and O–H groups in total. The van der Waals surface area contributed by atoms with E-state index in [0.717, 1.165) is 25.2 Å². The second kappa shape index (κ2) is 10.3. The summed E-state index contributed by atoms with van der Waals surface area (Å²) in [7, 11) is 1.59. The molecule has 0 unspecified atom stereocenters. The summed E-state index contributed by atoms with van der Waals surface area (Å²) >= 11 is 6.32. The number of ether oxygens (including phenoxy) is 1. The van der Waals surface area contributed by atoms with Gasteiger partial charge in [0.15, 0.2) is 5.96 Å². The van der Waals surface area contributed by atoms with E-state index in [0.29, 0.717) is 28.3 Å². The van der Waals surface area contributed by atoms with Gasteiger partial charge in [0, 0.05) is 19.0 Å². The molecule has 0 bridgehead atoms. The van der Waals surface area contributed by atoms with Gasteiger partial charge in [-0.1, -0.05) is 49.7 Å². The predicted octanol–water partition coefficient (Wildman–Crippen LogP) is 3.92. The van der Waals surface area contributed by atoms with Gasteiger partial charge in [-0.05, 0) is 42.4 Å². The van der Waals surface area contributed by atoms with Gasteiger partial charge in [-0.15, -0.1) is 0 Å². The summed E-state index contributed by atoms with van der Waals surface area (Å²) in [6, 6.07) is 13.6. The van der Waals surface area contributed by atoms with E-state index >= 15 is 0 Å². The van der Waals surface area contributed by atoms with E-state index in [1.807, 2.05) is 0 Å². The number of halogens is 1. The fraction of sp³-hybridized carbons (Fsp3) is 0.304. The highest BCUT2D eigenvalue weighted by Crippen LogP contribution is 2.32. The summed E-state index contributed by atoms with van der Waals surface area (Å²) in [5, 5.41) is 3.83. The lowest BCUT2D eigenvalue weighted by molar-refractivity contribution is 0.0998. The molecule has 164 valence electrons. The van der Waals surface area contributed by atoms with Crippen LogP contribution in [-0.2, 0) is 13.2 Å². The summed E-state index contributed by atoms with van der Waals surface area (Å²) in [5.41, 5.74) is 8.84. The Bertz CT molecular complexity index is 1070. The molecule has 0 atom stereocenters. The Hall–Kier alpha value is -3.03. The Morgan fingerprint density at radius 2 is 1.84 bits per heavy atom. The van der Waals surface area contributed by atoms with Gasteiger partial charge in [0.25, 0.3) is 5.91 Å². The number of aromatic nitrogens is 1. The maximum atomic E-state index is 12.3. The molecule has 0 saturated heterocycles. The second-order valence-electron chi connectivity index (χ2n) is 7.14. The number of H-pyrrole nitrogens is 1. The highest BCUT2D eigenvalue weighted by atomic mass is 35.5. The highest BCUT2D eigenvalue weighted by Gasteiger charge is 2.15. The molecule has 0 saturated carbocycles. The van der Waals surface area contributed by atoms with Crippen molar-refractivity contribution in [1.82, 2.24) is 15.2 Å². The summed E-state index contributed by atoms with van der Waals surface area (Å²) in [6.45, 7) is 7.73. The van der Waals surface area contributed by atoms with Crippen LogP contribution in [0.15, 0.2) is 47.5 Å². The molecular weight excluding hydrogens is 414 g/mol. The lowest BCUT2D eigenvalue weighted by Gasteiger charge is -2.18. The van der Waals surface area contributed by atoms with Crippen LogP contribution in [0.2, 0.25) is 5.02 Å². The number of nitrogens with zero attached hydrogens (tertiary/aromatic N) is 2. The smallest absolute Gasteiger partial charge is 0.296 e. The van der Waals surface area contributed by atoms with Crippen molar-refractivity contribution in [3.63, 3.8) is 0 Å². The molecule has 0 aliphatic rings. The number of carbonyl (C=O) groups is 1. The number of aliphatic imine (C=N–C) groups is 1. The minimum atomic E-state index is -0.492. The van der Waals surface area contributed by atoms with E-state index in [2.05, 4.69) is 58.3 Å². The van der Waals surface area contributed by atoms with Gasteiger partial charge in [0.2, 0.25) is 0 Å². The summed E-state index contributed by atoms with van der Waals surface area (Å²) in [6.07, 6.45) is 0. The molecule has 8 heteroatoms. The van der Waals surface area contributed by atoms with Gasteiger partial charge in [0.05, 0.1) is 10.5 Å². The van der Waals surface area contributed by atoms with Crippen molar-refractivity contribution < 1.29 is 9.53 Å². The summed E-state index contributed by atoms with van der Waals surface area (Å²) < 4.78 is 6.03. The van der Waals surface area contributed by atoms with Crippen LogP contribution in [0.3, 0.4) is 0 Å². The number of carbonyl (C=O) groups excluding carboxylic acids is 1. The quantitative estimate of drug-likeness (QED) is 0.363. The van der Waals surface area contributed by atoms with Gasteiger partial charge in [-0.25, -0.2) is 0 Å². The molecule has 1 heterocycles. The van der Waals surface area contributed by atoms with Crippen molar-refractivity contribution in [3.05, 3.63) is 64.3 Å². The minimum Gasteiger partial charge on any atom is -0.487 e. The van der Waals surface area contributed by atoms with Crippen molar-refractivity contribution in [2.45, 2.75) is 27.0 Å². The van der Waals surface area contributed by atoms with Crippen molar-refractivity contribution in [2.24, 2.45) is 10.7 Å². The monoisotopic (exact) mass is 441 g/mol. The number of guanidine groups is 1. The zero-order valence-corrected chi connectivity index (χ0v) is 18.8. The Labute approximate surface area is 187 Å². The van der Waals surface area contributed by atoms with Crippen molar-refractivity contribution in [3.8, 4) is 5.75 Å². The van der Waals surface area contributed by atoms with E-state index in [1.54, 1.807) is 25.2 Å². The van der Waals surface area contributed by atoms with E-state index in [-0.39, 0.29) is 11.7 Å². The van der Waals surface area contributed by atoms with Crippen LogP contribution in [0, 0.1) is 0 Å². The first-order chi connectivity index (χ1) is 14.9. The third kappa shape index (κ3) is 5.57. The third-order valence-electron chi connectivity index (χ3n) is 5.13. The minimum absolute atomic E-state index is 0.0377. The molecule has 7 nitrogen and oxygen atoms in total. The molecule has 31 heavy (non-hydrogen) atoms. The summed E-state index contributed by atoms with van der Waals surface area (Å²) in [4.78, 5) is 21.5. The topological polar surface area (TPSA) is 95.7 Å². The first-order valence-corrected chi connectivity index (χ1v) is 10.6. The molecule has 0 aliphatic heterocycles. The first-order valence-electron chi connectivity index (χ1n) is 10.3. The molecule has 2 aromatic carbocycles. The fourth-order valence-corrected chi connectivity index (χ4v) is 3.44. The Morgan fingerprint density at radius 1 is 1.16 bits per heavy atom. The Morgan fingerprint density at radius 3 is 2.48 bits per heavy atom. The number of rotatable bonds is 8. The fourth-order valence-electron chi connectivity index (χ4n) is 3.23. The standard InChI is InChI=1S/C23H28ClN5O2/c1-4-29(5-2)13-15-6-8-16(9-7-15)14-31-20-11-10-18(24)17-12-19(27-21(17)20)22(30)28-23(25)26-3/h6-12,27H,4-5,13-14H2,1-3H3,(H3,25,26,28,30). The molecule has 3 rings (SSSR count). The van der Waals surface area contributed by atoms with Crippen LogP contribution in [0.4, 0.5) is 0 Å². The largest absolute Gasteiger partial charge is 0.487 e. The number of hydrogen-bond acceptors (Lipinski definition) is 3. The van der Waals surface area contributed by atoms with Gasteiger partial charge in [0.1, 0.15) is 18.1 Å². The molecule has 0 spiro atoms. The number of amides is 1. The lowest BCUT2D eigenvalue weighted by Crippen LogP contribution is -2.28. The number of benzene rings is 2. The normalized spacial score (nSPS) is 11.8. The zero-order chi connectivity index (χ0) is 22.4. The van der Waals surface area contributed by atoms with Gasteiger partial charge in [-0.2, -0.15) is 4.99 Å². The number of hydrogen-bond donors (Lipinski definition) is 3. The molecule has 3 aromatic rings. The number of fused-ring (bicyclic) bond motifs is 1. The number of nitrogens with two attached hydrogens (primary N) is 1. The van der Waals surface area contributed by atoms with E-state index in [1.165, 1.54) is 5.56 Å². The van der Waals surface area contributed by atoms with Crippen LogP contribution in [-0.4, -0.2) is 41.9 Å². The number of aromatic amines is 1. The highest BCUT2D eigenvalue weighted by molar-refractivity contribution is 6.35. The maximum Gasteiger partial charge on any atom is 0.296 e. The number of nitrogens with one attached hydrogen (secondary N) is 2. The Kier molecular flexibility index (Phi) is 7.55. The van der Waals surface area contributed by atoms with E-state index < -0.39 is 5.91 Å². The van der Waals surface area contributed by atoms with Crippen LogP contribution in [0.1, 0.15) is 35.5 Å². The average molecular weight is 442 g/mol. The van der Waals surface area contributed by atoms with Crippen LogP contribution >= 0.6 is 11.6 Å². The second-order valence-corrected chi connectivity index (χ2v) is 7.54. The molecule has 0 radical (unpaired) electrons. The lowest BCUT2D eigenvalue weighted by atomic mass is 10.1. The molecular formula is C23H28ClN5O2. The van der Waals surface area contributed by atoms with Crippen LogP contribution in [0.5, 0.6) is 5.75 Å². The van der Waals surface area contributed by atoms with Crippen molar-refractivity contribution >= 4 is 34.4 Å². The average Bonchev–Trinajstić information content (AvgIpc) is 3.24. The van der Waals surface area contributed by atoms with Crippen molar-refractivity contribution in [1.29, 1.82) is 0 Å². The van der Waals surface area contributed by atoms with Gasteiger partial charge < -0.3 is 20.8 Å². The first kappa shape index (κ1) is 22.7. The van der Waals surface area contributed by atoms with Crippen LogP contribution < -0.4 is 15.8 Å². The SMILES string of the molecule is CCN(CC)Cc1ccc(COc2ccc(Cl)c3cc(C(=O)N=C(N)NC)[nH]c23)cc1.